The molecule has 1 aromatic rings. The fraction of sp³-hybridized carbons (Fsp3) is 0.529. The van der Waals surface area contributed by atoms with Crippen LogP contribution in [0.2, 0.25) is 0 Å². The Kier molecular flexibility index (Phi) is 6.55. The van der Waals surface area contributed by atoms with E-state index in [1.54, 1.807) is 12.1 Å². The quantitative estimate of drug-likeness (QED) is 0.772. The van der Waals surface area contributed by atoms with Crippen molar-refractivity contribution in [2.75, 3.05) is 32.8 Å². The lowest BCUT2D eigenvalue weighted by Gasteiger charge is -2.33. The molecule has 0 bridgehead atoms. The first-order chi connectivity index (χ1) is 11.1. The Morgan fingerprint density at radius 2 is 2.35 bits per heavy atom. The van der Waals surface area contributed by atoms with Crippen LogP contribution in [0.4, 0.5) is 0 Å². The Bertz CT molecular complexity index is 609. The Morgan fingerprint density at radius 3 is 3.09 bits per heavy atom. The summed E-state index contributed by atoms with van der Waals surface area (Å²) in [5.41, 5.74) is 1.36. The third-order valence-electron chi connectivity index (χ3n) is 3.95. The lowest BCUT2D eigenvalue weighted by molar-refractivity contribution is -0.0283. The summed E-state index contributed by atoms with van der Waals surface area (Å²) >= 11 is 0. The molecule has 0 unspecified atom stereocenters. The van der Waals surface area contributed by atoms with Crippen LogP contribution in [0.25, 0.3) is 0 Å². The Labute approximate surface area is 136 Å². The highest BCUT2D eigenvalue weighted by molar-refractivity contribution is 5.92. The topological polar surface area (TPSA) is 74.4 Å². The van der Waals surface area contributed by atoms with Crippen LogP contribution in [0.15, 0.2) is 34.6 Å². The minimum Gasteiger partial charge on any atom is -0.375 e. The zero-order valence-electron chi connectivity index (χ0n) is 13.8. The lowest BCUT2D eigenvalue weighted by atomic mass is 10.1. The second-order valence-electron chi connectivity index (χ2n) is 5.84. The molecule has 1 saturated heterocycles. The highest BCUT2D eigenvalue weighted by Crippen LogP contribution is 2.10. The lowest BCUT2D eigenvalue weighted by Crippen LogP contribution is -2.44. The second kappa shape index (κ2) is 8.64. The van der Waals surface area contributed by atoms with Gasteiger partial charge in [-0.2, -0.15) is 0 Å². The summed E-state index contributed by atoms with van der Waals surface area (Å²) in [7, 11) is 0. The van der Waals surface area contributed by atoms with Gasteiger partial charge in [0.05, 0.1) is 12.7 Å². The van der Waals surface area contributed by atoms with Crippen LogP contribution in [-0.4, -0.2) is 54.7 Å². The Balaban J connectivity index is 1.75. The number of ether oxygens (including phenoxy) is 1. The third-order valence-corrected chi connectivity index (χ3v) is 3.95. The molecule has 1 atom stereocenters. The Hall–Kier alpha value is -1.92. The first-order valence-corrected chi connectivity index (χ1v) is 8.01. The van der Waals surface area contributed by atoms with Gasteiger partial charge in [0.15, 0.2) is 0 Å². The zero-order chi connectivity index (χ0) is 16.7. The second-order valence-corrected chi connectivity index (χ2v) is 5.84. The molecular weight excluding hydrogens is 294 g/mol. The summed E-state index contributed by atoms with van der Waals surface area (Å²) in [5.74, 6) is -0.264. The van der Waals surface area contributed by atoms with Crippen LogP contribution in [0.1, 0.15) is 30.8 Å². The average molecular weight is 319 g/mol. The van der Waals surface area contributed by atoms with E-state index in [0.29, 0.717) is 6.54 Å². The number of morpholine rings is 1. The molecule has 0 aromatic carbocycles. The predicted octanol–water partition coefficient (Wildman–Crippen LogP) is 1.16. The van der Waals surface area contributed by atoms with Crippen molar-refractivity contribution in [1.82, 2.24) is 15.2 Å². The number of hydrogen-bond donors (Lipinski definition) is 2. The number of carbonyl (C=O) groups excluding carboxylic acids is 1. The van der Waals surface area contributed by atoms with Crippen LogP contribution < -0.4 is 10.9 Å². The molecule has 126 valence electrons. The van der Waals surface area contributed by atoms with Crippen molar-refractivity contribution in [3.8, 4) is 0 Å². The first-order valence-electron chi connectivity index (χ1n) is 8.01. The molecule has 2 rings (SSSR count). The summed E-state index contributed by atoms with van der Waals surface area (Å²) in [4.78, 5) is 28.0. The minimum absolute atomic E-state index is 0.128. The van der Waals surface area contributed by atoms with Gasteiger partial charge in [0.25, 0.3) is 5.91 Å². The van der Waals surface area contributed by atoms with Crippen LogP contribution in [-0.2, 0) is 4.74 Å². The van der Waals surface area contributed by atoms with Crippen LogP contribution >= 0.6 is 0 Å². The Morgan fingerprint density at radius 1 is 1.52 bits per heavy atom. The third kappa shape index (κ3) is 5.65. The number of amides is 1. The van der Waals surface area contributed by atoms with E-state index >= 15 is 0 Å². The molecule has 1 aromatic heterocycles. The monoisotopic (exact) mass is 319 g/mol. The van der Waals surface area contributed by atoms with Gasteiger partial charge in [-0.1, -0.05) is 17.7 Å². The number of nitrogens with one attached hydrogen (secondary N) is 2. The molecule has 6 nitrogen and oxygen atoms in total. The van der Waals surface area contributed by atoms with E-state index in [1.165, 1.54) is 11.6 Å². The number of carbonyl (C=O) groups is 1. The summed E-state index contributed by atoms with van der Waals surface area (Å²) < 4.78 is 5.76. The predicted molar refractivity (Wildman–Crippen MR) is 89.6 cm³/mol. The van der Waals surface area contributed by atoms with Crippen molar-refractivity contribution in [3.63, 3.8) is 0 Å². The standard InChI is InChI=1S/C17H25N3O3/c1-3-13(2)11-20-9-10-23-14(12-20)7-8-18-17(22)15-5-4-6-16(21)19-15/h3-6,14H,7-12H2,1-2H3,(H,18,22)(H,19,21)/b13-3+/t14-/m0/s1. The molecule has 6 heteroatoms. The molecule has 1 amide bonds. The summed E-state index contributed by atoms with van der Waals surface area (Å²) in [6.45, 7) is 8.22. The van der Waals surface area contributed by atoms with Crippen molar-refractivity contribution in [2.24, 2.45) is 0 Å². The van der Waals surface area contributed by atoms with Crippen molar-refractivity contribution in [3.05, 3.63) is 45.9 Å². The van der Waals surface area contributed by atoms with Crippen molar-refractivity contribution in [2.45, 2.75) is 26.4 Å². The molecule has 2 N–H and O–H groups in total. The molecule has 2 heterocycles. The van der Waals surface area contributed by atoms with Gasteiger partial charge >= 0.3 is 0 Å². The molecule has 0 radical (unpaired) electrons. The number of allylic oxidation sites excluding steroid dienone is 1. The number of hydrogen-bond acceptors (Lipinski definition) is 4. The van der Waals surface area contributed by atoms with Crippen molar-refractivity contribution >= 4 is 5.91 Å². The molecule has 23 heavy (non-hydrogen) atoms. The first kappa shape index (κ1) is 17.4. The number of H-pyrrole nitrogens is 1. The highest BCUT2D eigenvalue weighted by Gasteiger charge is 2.20. The number of rotatable bonds is 6. The molecule has 0 spiro atoms. The van der Waals surface area contributed by atoms with Crippen molar-refractivity contribution in [1.29, 1.82) is 0 Å². The zero-order valence-corrected chi connectivity index (χ0v) is 13.8. The maximum absolute atomic E-state index is 11.9. The van der Waals surface area contributed by atoms with Gasteiger partial charge in [-0.05, 0) is 26.3 Å². The van der Waals surface area contributed by atoms with E-state index in [2.05, 4.69) is 35.1 Å². The normalized spacial score (nSPS) is 19.6. The number of nitrogens with zero attached hydrogens (tertiary/aromatic N) is 1. The summed E-state index contributed by atoms with van der Waals surface area (Å²) in [5, 5.41) is 2.82. The number of pyridine rings is 1. The minimum atomic E-state index is -0.275. The molecule has 1 aliphatic heterocycles. The fourth-order valence-electron chi connectivity index (χ4n) is 2.56. The largest absolute Gasteiger partial charge is 0.375 e. The summed E-state index contributed by atoms with van der Waals surface area (Å²) in [6.07, 6.45) is 3.02. The van der Waals surface area contributed by atoms with E-state index in [9.17, 15) is 9.59 Å². The fourth-order valence-corrected chi connectivity index (χ4v) is 2.56. The van der Waals surface area contributed by atoms with E-state index < -0.39 is 0 Å². The summed E-state index contributed by atoms with van der Waals surface area (Å²) in [6, 6.07) is 4.54. The van der Waals surface area contributed by atoms with Crippen LogP contribution in [0.5, 0.6) is 0 Å². The maximum atomic E-state index is 11.9. The van der Waals surface area contributed by atoms with Gasteiger partial charge in [-0.15, -0.1) is 0 Å². The van der Waals surface area contributed by atoms with Crippen molar-refractivity contribution < 1.29 is 9.53 Å². The average Bonchev–Trinajstić information content (AvgIpc) is 2.55. The smallest absolute Gasteiger partial charge is 0.267 e. The number of aromatic amines is 1. The van der Waals surface area contributed by atoms with E-state index in [4.69, 9.17) is 4.74 Å². The van der Waals surface area contributed by atoms with Gasteiger partial charge in [-0.25, -0.2) is 0 Å². The highest BCUT2D eigenvalue weighted by atomic mass is 16.5. The molecule has 1 fully saturated rings. The van der Waals surface area contributed by atoms with Crippen LogP contribution in [0, 0.1) is 0 Å². The van der Waals surface area contributed by atoms with E-state index in [0.717, 1.165) is 32.7 Å². The number of aromatic nitrogens is 1. The van der Waals surface area contributed by atoms with Gasteiger partial charge in [0.1, 0.15) is 5.69 Å². The van der Waals surface area contributed by atoms with E-state index in [1.807, 2.05) is 0 Å². The maximum Gasteiger partial charge on any atom is 0.267 e. The van der Waals surface area contributed by atoms with Gasteiger partial charge in [-0.3, -0.25) is 14.5 Å². The van der Waals surface area contributed by atoms with Gasteiger partial charge < -0.3 is 15.0 Å². The van der Waals surface area contributed by atoms with Gasteiger partial charge in [0.2, 0.25) is 5.56 Å². The SMILES string of the molecule is C/C=C(\C)CN1CCO[C@@H](CCNC(=O)c2cccc(=O)[nH]2)C1. The molecule has 1 aliphatic rings. The van der Waals surface area contributed by atoms with E-state index in [-0.39, 0.29) is 23.3 Å². The molecule has 0 saturated carbocycles. The molecular formula is C17H25N3O3. The van der Waals surface area contributed by atoms with Crippen LogP contribution in [0.3, 0.4) is 0 Å². The molecule has 0 aliphatic carbocycles. The van der Waals surface area contributed by atoms with Gasteiger partial charge in [0, 0.05) is 32.2 Å².